The van der Waals surface area contributed by atoms with Gasteiger partial charge in [-0.25, -0.2) is 9.59 Å². The number of anilines is 1. The van der Waals surface area contributed by atoms with Crippen molar-refractivity contribution < 1.29 is 19.4 Å². The maximum Gasteiger partial charge on any atom is 0.329 e. The second kappa shape index (κ2) is 7.83. The molecule has 0 bridgehead atoms. The fraction of sp³-hybridized carbons (Fsp3) is 0.273. The Labute approximate surface area is 119 Å². The first-order valence-electron chi connectivity index (χ1n) is 5.29. The number of carboxylic acid groups (broad SMARTS) is 1. The van der Waals surface area contributed by atoms with Gasteiger partial charge in [-0.1, -0.05) is 29.3 Å². The number of amides is 2. The average molecular weight is 307 g/mol. The van der Waals surface area contributed by atoms with E-state index in [-0.39, 0.29) is 18.2 Å². The summed E-state index contributed by atoms with van der Waals surface area (Å²) >= 11 is 11.7. The average Bonchev–Trinajstić information content (AvgIpc) is 2.34. The molecule has 1 aromatic rings. The molecule has 0 saturated carbocycles. The molecular formula is C11H12Cl2N2O4. The minimum atomic E-state index is -1.06. The second-order valence-electron chi connectivity index (χ2n) is 3.43. The normalized spacial score (nSPS) is 10.0. The van der Waals surface area contributed by atoms with Crippen LogP contribution in [0.1, 0.15) is 0 Å². The van der Waals surface area contributed by atoms with Gasteiger partial charge in [0.25, 0.3) is 0 Å². The molecule has 0 spiro atoms. The standard InChI is InChI=1S/C11H12Cl2N2O4/c12-7-2-1-3-8(10(7)13)15-11(18)14-4-5-19-6-9(16)17/h1-3H,4-6H2,(H,16,17)(H2,14,15,18). The first-order valence-corrected chi connectivity index (χ1v) is 6.04. The Hall–Kier alpha value is -1.50. The van der Waals surface area contributed by atoms with Gasteiger partial charge in [0.05, 0.1) is 22.3 Å². The van der Waals surface area contributed by atoms with Crippen molar-refractivity contribution in [3.05, 3.63) is 28.2 Å². The minimum absolute atomic E-state index is 0.100. The lowest BCUT2D eigenvalue weighted by atomic mass is 10.3. The van der Waals surface area contributed by atoms with Crippen LogP contribution in [0.2, 0.25) is 10.0 Å². The lowest BCUT2D eigenvalue weighted by Gasteiger charge is -2.09. The number of aliphatic carboxylic acids is 1. The molecule has 0 aliphatic rings. The summed E-state index contributed by atoms with van der Waals surface area (Å²) in [5.74, 6) is -1.06. The number of carbonyl (C=O) groups is 2. The summed E-state index contributed by atoms with van der Waals surface area (Å²) in [6, 6.07) is 4.38. The van der Waals surface area contributed by atoms with Gasteiger partial charge in [-0.05, 0) is 12.1 Å². The SMILES string of the molecule is O=C(O)COCCNC(=O)Nc1cccc(Cl)c1Cl. The number of halogens is 2. The van der Waals surface area contributed by atoms with Crippen LogP contribution in [0.25, 0.3) is 0 Å². The molecule has 8 heteroatoms. The molecule has 0 atom stereocenters. The molecule has 0 aliphatic heterocycles. The number of carbonyl (C=O) groups excluding carboxylic acids is 1. The second-order valence-corrected chi connectivity index (χ2v) is 4.21. The van der Waals surface area contributed by atoms with E-state index in [2.05, 4.69) is 10.6 Å². The largest absolute Gasteiger partial charge is 0.480 e. The number of ether oxygens (including phenoxy) is 1. The first kappa shape index (κ1) is 15.6. The van der Waals surface area contributed by atoms with Gasteiger partial charge in [0, 0.05) is 6.54 Å². The smallest absolute Gasteiger partial charge is 0.329 e. The highest BCUT2D eigenvalue weighted by Gasteiger charge is 2.07. The molecule has 0 saturated heterocycles. The van der Waals surface area contributed by atoms with Crippen LogP contribution in [0.15, 0.2) is 18.2 Å². The van der Waals surface area contributed by atoms with Gasteiger partial charge in [-0.2, -0.15) is 0 Å². The molecule has 1 rings (SSSR count). The maximum absolute atomic E-state index is 11.5. The lowest BCUT2D eigenvalue weighted by molar-refractivity contribution is -0.142. The number of carboxylic acids is 1. The summed E-state index contributed by atoms with van der Waals surface area (Å²) in [7, 11) is 0. The van der Waals surface area contributed by atoms with Crippen LogP contribution in [-0.4, -0.2) is 36.9 Å². The van der Waals surface area contributed by atoms with Gasteiger partial charge in [0.1, 0.15) is 6.61 Å². The van der Waals surface area contributed by atoms with Gasteiger partial charge in [-0.3, -0.25) is 0 Å². The van der Waals surface area contributed by atoms with Gasteiger partial charge in [-0.15, -0.1) is 0 Å². The van der Waals surface area contributed by atoms with Crippen molar-refractivity contribution >= 4 is 40.9 Å². The molecule has 104 valence electrons. The summed E-state index contributed by atoms with van der Waals surface area (Å²) in [5, 5.41) is 13.9. The fourth-order valence-electron chi connectivity index (χ4n) is 1.16. The zero-order valence-electron chi connectivity index (χ0n) is 9.78. The van der Waals surface area contributed by atoms with Gasteiger partial charge >= 0.3 is 12.0 Å². The summed E-state index contributed by atoms with van der Waals surface area (Å²) < 4.78 is 4.75. The fourth-order valence-corrected chi connectivity index (χ4v) is 1.51. The quantitative estimate of drug-likeness (QED) is 0.703. The predicted octanol–water partition coefficient (Wildman–Crippen LogP) is 2.22. The monoisotopic (exact) mass is 306 g/mol. The van der Waals surface area contributed by atoms with E-state index in [9.17, 15) is 9.59 Å². The van der Waals surface area contributed by atoms with Crippen LogP contribution in [0, 0.1) is 0 Å². The van der Waals surface area contributed by atoms with Crippen molar-refractivity contribution in [1.82, 2.24) is 5.32 Å². The molecule has 1 aromatic carbocycles. The zero-order chi connectivity index (χ0) is 14.3. The van der Waals surface area contributed by atoms with Crippen molar-refractivity contribution in [3.8, 4) is 0 Å². The van der Waals surface area contributed by atoms with Gasteiger partial charge in [0.2, 0.25) is 0 Å². The molecule has 0 fully saturated rings. The Morgan fingerprint density at radius 2 is 2.05 bits per heavy atom. The van der Waals surface area contributed by atoms with E-state index >= 15 is 0 Å². The number of benzene rings is 1. The molecule has 3 N–H and O–H groups in total. The van der Waals surface area contributed by atoms with Gasteiger partial charge < -0.3 is 20.5 Å². The van der Waals surface area contributed by atoms with Crippen molar-refractivity contribution in [2.45, 2.75) is 0 Å². The number of hydrogen-bond donors (Lipinski definition) is 3. The molecule has 0 radical (unpaired) electrons. The molecule has 2 amide bonds. The van der Waals surface area contributed by atoms with E-state index in [0.717, 1.165) is 0 Å². The van der Waals surface area contributed by atoms with E-state index in [1.54, 1.807) is 18.2 Å². The minimum Gasteiger partial charge on any atom is -0.480 e. The molecule has 0 heterocycles. The van der Waals surface area contributed by atoms with Crippen molar-refractivity contribution in [3.63, 3.8) is 0 Å². The van der Waals surface area contributed by atoms with Crippen LogP contribution < -0.4 is 10.6 Å². The van der Waals surface area contributed by atoms with E-state index < -0.39 is 18.6 Å². The molecule has 0 aromatic heterocycles. The topological polar surface area (TPSA) is 87.7 Å². The zero-order valence-corrected chi connectivity index (χ0v) is 11.3. The van der Waals surface area contributed by atoms with Crippen LogP contribution in [-0.2, 0) is 9.53 Å². The highest BCUT2D eigenvalue weighted by Crippen LogP contribution is 2.29. The van der Waals surface area contributed by atoms with E-state index in [4.69, 9.17) is 33.0 Å². The van der Waals surface area contributed by atoms with Crippen LogP contribution >= 0.6 is 23.2 Å². The third-order valence-corrected chi connectivity index (χ3v) is 2.78. The van der Waals surface area contributed by atoms with E-state index in [0.29, 0.717) is 10.7 Å². The van der Waals surface area contributed by atoms with E-state index in [1.165, 1.54) is 0 Å². The Morgan fingerprint density at radius 3 is 2.74 bits per heavy atom. The van der Waals surface area contributed by atoms with E-state index in [1.807, 2.05) is 0 Å². The van der Waals surface area contributed by atoms with Crippen molar-refractivity contribution in [2.75, 3.05) is 25.1 Å². The molecule has 6 nitrogen and oxygen atoms in total. The van der Waals surface area contributed by atoms with Crippen molar-refractivity contribution in [1.29, 1.82) is 0 Å². The molecule has 0 aliphatic carbocycles. The Kier molecular flexibility index (Phi) is 6.41. The Morgan fingerprint density at radius 1 is 1.32 bits per heavy atom. The summed E-state index contributed by atoms with van der Waals surface area (Å²) in [6.45, 7) is -0.121. The third-order valence-electron chi connectivity index (χ3n) is 1.96. The summed E-state index contributed by atoms with van der Waals surface area (Å²) in [4.78, 5) is 21.6. The van der Waals surface area contributed by atoms with Gasteiger partial charge in [0.15, 0.2) is 0 Å². The van der Waals surface area contributed by atoms with Crippen LogP contribution in [0.3, 0.4) is 0 Å². The number of nitrogens with one attached hydrogen (secondary N) is 2. The molecular weight excluding hydrogens is 295 g/mol. The molecule has 19 heavy (non-hydrogen) atoms. The Balaban J connectivity index is 2.31. The number of urea groups is 1. The number of rotatable bonds is 6. The highest BCUT2D eigenvalue weighted by molar-refractivity contribution is 6.43. The summed E-state index contributed by atoms with van der Waals surface area (Å²) in [5.41, 5.74) is 0.387. The molecule has 0 unspecified atom stereocenters. The van der Waals surface area contributed by atoms with Crippen LogP contribution in [0.5, 0.6) is 0 Å². The number of hydrogen-bond acceptors (Lipinski definition) is 3. The van der Waals surface area contributed by atoms with Crippen LogP contribution in [0.4, 0.5) is 10.5 Å². The predicted molar refractivity (Wildman–Crippen MR) is 71.9 cm³/mol. The van der Waals surface area contributed by atoms with Crippen molar-refractivity contribution in [2.24, 2.45) is 0 Å². The maximum atomic E-state index is 11.5. The third kappa shape index (κ3) is 5.78. The first-order chi connectivity index (χ1) is 9.00. The Bertz CT molecular complexity index is 468. The summed E-state index contributed by atoms with van der Waals surface area (Å²) in [6.07, 6.45) is 0. The highest BCUT2D eigenvalue weighted by atomic mass is 35.5. The lowest BCUT2D eigenvalue weighted by Crippen LogP contribution is -2.32.